The van der Waals surface area contributed by atoms with Gasteiger partial charge in [0.2, 0.25) is 5.91 Å². The van der Waals surface area contributed by atoms with E-state index in [0.717, 1.165) is 58.3 Å². The average Bonchev–Trinajstić information content (AvgIpc) is 3.58. The molecule has 0 aromatic heterocycles. The number of fused-ring (bicyclic) bond motifs is 1. The highest BCUT2D eigenvalue weighted by molar-refractivity contribution is 5.83. The molecular formula is C24H30N2O2. The van der Waals surface area contributed by atoms with Gasteiger partial charge >= 0.3 is 0 Å². The molecule has 28 heavy (non-hydrogen) atoms. The van der Waals surface area contributed by atoms with Crippen molar-refractivity contribution in [2.24, 2.45) is 5.92 Å². The minimum absolute atomic E-state index is 0.220. The molecule has 5 rings (SSSR count). The van der Waals surface area contributed by atoms with Crippen LogP contribution in [0.1, 0.15) is 43.6 Å². The molecule has 2 heterocycles. The summed E-state index contributed by atoms with van der Waals surface area (Å²) in [6.07, 6.45) is 4.96. The van der Waals surface area contributed by atoms with Crippen LogP contribution in [0.4, 0.5) is 0 Å². The molecule has 1 aliphatic carbocycles. The highest BCUT2D eigenvalue weighted by atomic mass is 16.3. The molecule has 1 N–H and O–H groups in total. The fourth-order valence-corrected chi connectivity index (χ4v) is 5.15. The second kappa shape index (κ2) is 7.49. The van der Waals surface area contributed by atoms with E-state index in [0.29, 0.717) is 17.9 Å². The molecule has 3 fully saturated rings. The number of aliphatic hydroxyl groups is 1. The Morgan fingerprint density at radius 1 is 0.893 bits per heavy atom. The summed E-state index contributed by atoms with van der Waals surface area (Å²) in [6.45, 7) is 3.57. The number of hydrogen-bond donors (Lipinski definition) is 1. The maximum Gasteiger partial charge on any atom is 0.225 e. The van der Waals surface area contributed by atoms with Crippen LogP contribution in [-0.4, -0.2) is 59.1 Å². The monoisotopic (exact) mass is 378 g/mol. The first-order chi connectivity index (χ1) is 13.7. The van der Waals surface area contributed by atoms with Crippen molar-refractivity contribution in [1.29, 1.82) is 0 Å². The molecule has 2 aromatic carbocycles. The van der Waals surface area contributed by atoms with Gasteiger partial charge in [0.15, 0.2) is 0 Å². The zero-order valence-electron chi connectivity index (χ0n) is 16.5. The Kier molecular flexibility index (Phi) is 4.85. The molecule has 4 heteroatoms. The Bertz CT molecular complexity index is 855. The van der Waals surface area contributed by atoms with Crippen molar-refractivity contribution < 1.29 is 9.90 Å². The van der Waals surface area contributed by atoms with E-state index in [1.54, 1.807) is 0 Å². The van der Waals surface area contributed by atoms with Crippen molar-refractivity contribution >= 4 is 16.7 Å². The van der Waals surface area contributed by atoms with Gasteiger partial charge in [0.05, 0.1) is 6.10 Å². The van der Waals surface area contributed by atoms with Gasteiger partial charge in [-0.05, 0) is 55.0 Å². The summed E-state index contributed by atoms with van der Waals surface area (Å²) in [5.74, 6) is 0.932. The zero-order valence-corrected chi connectivity index (χ0v) is 16.5. The van der Waals surface area contributed by atoms with E-state index in [1.807, 2.05) is 0 Å². The highest BCUT2D eigenvalue weighted by Gasteiger charge is 2.37. The largest absolute Gasteiger partial charge is 0.391 e. The maximum atomic E-state index is 12.3. The second-order valence-corrected chi connectivity index (χ2v) is 8.89. The van der Waals surface area contributed by atoms with Crippen molar-refractivity contribution in [1.82, 2.24) is 9.80 Å². The topological polar surface area (TPSA) is 43.8 Å². The highest BCUT2D eigenvalue weighted by Crippen LogP contribution is 2.34. The van der Waals surface area contributed by atoms with Gasteiger partial charge in [-0.3, -0.25) is 9.69 Å². The number of carbonyl (C=O) groups is 1. The first-order valence-electron chi connectivity index (χ1n) is 10.9. The Morgan fingerprint density at radius 3 is 2.36 bits per heavy atom. The number of amides is 1. The van der Waals surface area contributed by atoms with E-state index < -0.39 is 0 Å². The van der Waals surface area contributed by atoms with Crippen LogP contribution >= 0.6 is 0 Å². The fraction of sp³-hybridized carbons (Fsp3) is 0.542. The van der Waals surface area contributed by atoms with Gasteiger partial charge in [0.25, 0.3) is 0 Å². The lowest BCUT2D eigenvalue weighted by atomic mass is 9.85. The van der Waals surface area contributed by atoms with Crippen molar-refractivity contribution in [3.63, 3.8) is 0 Å². The van der Waals surface area contributed by atoms with Crippen LogP contribution in [-0.2, 0) is 4.79 Å². The number of aliphatic hydroxyl groups excluding tert-OH is 1. The minimum atomic E-state index is -0.318. The third kappa shape index (κ3) is 3.56. The number of piperidine rings is 2. The SMILES string of the molecule is O=C(C1CC1)N1CCC(N2CC[C@@H](c3ccc4ccccc4c3)[C@H](O)C2)CC1. The molecule has 1 saturated carbocycles. The second-order valence-electron chi connectivity index (χ2n) is 8.89. The summed E-state index contributed by atoms with van der Waals surface area (Å²) in [4.78, 5) is 16.8. The van der Waals surface area contributed by atoms with E-state index in [4.69, 9.17) is 0 Å². The molecule has 0 radical (unpaired) electrons. The molecule has 4 nitrogen and oxygen atoms in total. The molecule has 1 amide bonds. The Balaban J connectivity index is 1.20. The molecule has 148 valence electrons. The number of carbonyl (C=O) groups excluding carboxylic acids is 1. The minimum Gasteiger partial charge on any atom is -0.391 e. The number of nitrogens with zero attached hydrogens (tertiary/aromatic N) is 2. The number of β-amino-alcohol motifs (C(OH)–C–C–N with tert-alkyl or cyclic N) is 1. The third-order valence-electron chi connectivity index (χ3n) is 7.03. The molecular weight excluding hydrogens is 348 g/mol. The number of rotatable bonds is 3. The Morgan fingerprint density at radius 2 is 1.64 bits per heavy atom. The lowest BCUT2D eigenvalue weighted by Crippen LogP contribution is -2.52. The summed E-state index contributed by atoms with van der Waals surface area (Å²) in [5.41, 5.74) is 1.26. The van der Waals surface area contributed by atoms with Crippen LogP contribution < -0.4 is 0 Å². The van der Waals surface area contributed by atoms with Crippen LogP contribution in [0.3, 0.4) is 0 Å². The van der Waals surface area contributed by atoms with Crippen LogP contribution in [0.15, 0.2) is 42.5 Å². The Hall–Kier alpha value is -1.91. The predicted octanol–water partition coefficient (Wildman–Crippen LogP) is 3.39. The summed E-state index contributed by atoms with van der Waals surface area (Å²) in [5, 5.41) is 13.4. The van der Waals surface area contributed by atoms with Gasteiger partial charge in [-0.1, -0.05) is 42.5 Å². The molecule has 2 aliphatic heterocycles. The van der Waals surface area contributed by atoms with Crippen molar-refractivity contribution in [2.75, 3.05) is 26.2 Å². The van der Waals surface area contributed by atoms with Gasteiger partial charge in [0.1, 0.15) is 0 Å². The lowest BCUT2D eigenvalue weighted by Gasteiger charge is -2.43. The predicted molar refractivity (Wildman–Crippen MR) is 111 cm³/mol. The number of benzene rings is 2. The molecule has 2 saturated heterocycles. The number of likely N-dealkylation sites (tertiary alicyclic amines) is 2. The normalized spacial score (nSPS) is 27.2. The molecule has 2 atom stereocenters. The van der Waals surface area contributed by atoms with E-state index in [9.17, 15) is 9.90 Å². The van der Waals surface area contributed by atoms with Gasteiger partial charge in [-0.15, -0.1) is 0 Å². The number of hydrogen-bond acceptors (Lipinski definition) is 3. The maximum absolute atomic E-state index is 12.3. The zero-order chi connectivity index (χ0) is 19.1. The van der Waals surface area contributed by atoms with Crippen molar-refractivity contribution in [3.8, 4) is 0 Å². The lowest BCUT2D eigenvalue weighted by molar-refractivity contribution is -0.134. The summed E-state index contributed by atoms with van der Waals surface area (Å²) < 4.78 is 0. The van der Waals surface area contributed by atoms with Crippen LogP contribution in [0.2, 0.25) is 0 Å². The van der Waals surface area contributed by atoms with Crippen molar-refractivity contribution in [3.05, 3.63) is 48.0 Å². The van der Waals surface area contributed by atoms with E-state index >= 15 is 0 Å². The van der Waals surface area contributed by atoms with E-state index in [-0.39, 0.29) is 12.0 Å². The third-order valence-corrected chi connectivity index (χ3v) is 7.03. The van der Waals surface area contributed by atoms with Crippen LogP contribution in [0.5, 0.6) is 0 Å². The molecule has 0 bridgehead atoms. The summed E-state index contributed by atoms with van der Waals surface area (Å²) in [7, 11) is 0. The van der Waals surface area contributed by atoms with Gasteiger partial charge in [-0.2, -0.15) is 0 Å². The smallest absolute Gasteiger partial charge is 0.225 e. The van der Waals surface area contributed by atoms with E-state index in [1.165, 1.54) is 16.3 Å². The Labute approximate surface area is 167 Å². The van der Waals surface area contributed by atoms with Gasteiger partial charge < -0.3 is 10.0 Å². The van der Waals surface area contributed by atoms with Crippen LogP contribution in [0, 0.1) is 5.92 Å². The van der Waals surface area contributed by atoms with Crippen molar-refractivity contribution in [2.45, 2.75) is 50.2 Å². The molecule has 0 unspecified atom stereocenters. The summed E-state index contributed by atoms with van der Waals surface area (Å²) in [6, 6.07) is 15.6. The van der Waals surface area contributed by atoms with Crippen LogP contribution in [0.25, 0.3) is 10.8 Å². The standard InChI is InChI=1S/C24H30N2O2/c27-23-16-26(21-9-12-25(13-10-21)24(28)18-6-7-18)14-11-22(23)20-8-5-17-3-1-2-4-19(17)15-20/h1-5,8,15,18,21-23,27H,6-7,9-14,16H2/t22-,23+/m0/s1. The van der Waals surface area contributed by atoms with Gasteiger partial charge in [0, 0.05) is 37.5 Å². The quantitative estimate of drug-likeness (QED) is 0.890. The first kappa shape index (κ1) is 18.1. The molecule has 0 spiro atoms. The molecule has 3 aliphatic rings. The molecule has 2 aromatic rings. The summed E-state index contributed by atoms with van der Waals surface area (Å²) >= 11 is 0. The fourth-order valence-electron chi connectivity index (χ4n) is 5.15. The van der Waals surface area contributed by atoms with Gasteiger partial charge in [-0.25, -0.2) is 0 Å². The average molecular weight is 379 g/mol. The van der Waals surface area contributed by atoms with E-state index in [2.05, 4.69) is 52.3 Å². The first-order valence-corrected chi connectivity index (χ1v) is 10.9.